The Labute approximate surface area is 169 Å². The lowest BCUT2D eigenvalue weighted by molar-refractivity contribution is -0.137. The molecule has 3 aromatic rings. The lowest BCUT2D eigenvalue weighted by Crippen LogP contribution is -2.19. The molecule has 0 aliphatic heterocycles. The van der Waals surface area contributed by atoms with Gasteiger partial charge in [0.1, 0.15) is 5.25 Å². The van der Waals surface area contributed by atoms with Crippen molar-refractivity contribution in [2.45, 2.75) is 16.3 Å². The van der Waals surface area contributed by atoms with Crippen LogP contribution in [-0.4, -0.2) is 5.91 Å². The Bertz CT molecular complexity index is 949. The van der Waals surface area contributed by atoms with Crippen LogP contribution in [0.3, 0.4) is 0 Å². The van der Waals surface area contributed by atoms with Gasteiger partial charge in [0.25, 0.3) is 0 Å². The summed E-state index contributed by atoms with van der Waals surface area (Å²) in [6, 6.07) is 21.2. The molecule has 0 saturated carbocycles. The van der Waals surface area contributed by atoms with Gasteiger partial charge in [-0.2, -0.15) is 13.2 Å². The zero-order valence-electron chi connectivity index (χ0n) is 14.4. The van der Waals surface area contributed by atoms with Gasteiger partial charge in [-0.3, -0.25) is 4.79 Å². The third-order valence-corrected chi connectivity index (χ3v) is 5.49. The summed E-state index contributed by atoms with van der Waals surface area (Å²) < 4.78 is 39.0. The van der Waals surface area contributed by atoms with Gasteiger partial charge in [-0.25, -0.2) is 0 Å². The van der Waals surface area contributed by atoms with E-state index in [9.17, 15) is 18.0 Å². The smallest absolute Gasteiger partial charge is 0.323 e. The van der Waals surface area contributed by atoms with E-state index in [4.69, 9.17) is 11.6 Å². The normalized spacial score (nSPS) is 12.4. The molecule has 1 unspecified atom stereocenters. The predicted molar refractivity (Wildman–Crippen MR) is 107 cm³/mol. The van der Waals surface area contributed by atoms with Gasteiger partial charge in [-0.05, 0) is 35.9 Å². The number of carbonyl (C=O) groups is 1. The van der Waals surface area contributed by atoms with Crippen molar-refractivity contribution in [3.8, 4) is 0 Å². The van der Waals surface area contributed by atoms with Crippen LogP contribution >= 0.6 is 23.4 Å². The first kappa shape index (κ1) is 20.3. The number of alkyl halides is 3. The Morgan fingerprint density at radius 2 is 1.54 bits per heavy atom. The van der Waals surface area contributed by atoms with E-state index < -0.39 is 22.9 Å². The third-order valence-electron chi connectivity index (χ3n) is 3.89. The van der Waals surface area contributed by atoms with Gasteiger partial charge in [-0.15, -0.1) is 11.8 Å². The van der Waals surface area contributed by atoms with E-state index in [0.717, 1.165) is 28.7 Å². The zero-order chi connectivity index (χ0) is 20.1. The van der Waals surface area contributed by atoms with Crippen molar-refractivity contribution in [1.82, 2.24) is 0 Å². The van der Waals surface area contributed by atoms with E-state index in [-0.39, 0.29) is 10.7 Å². The Hall–Kier alpha value is -2.44. The van der Waals surface area contributed by atoms with Crippen LogP contribution in [0, 0.1) is 0 Å². The molecule has 0 bridgehead atoms. The standard InChI is InChI=1S/C21H15ClF3NOS/c22-17-12-11-15(21(23,24)25)13-18(17)26-20(27)19(14-7-3-1-4-8-14)28-16-9-5-2-6-10-16/h1-13,19H,(H,26,27). The molecule has 0 saturated heterocycles. The molecule has 0 fully saturated rings. The number of halogens is 4. The molecule has 144 valence electrons. The second-order valence-corrected chi connectivity index (χ2v) is 7.49. The van der Waals surface area contributed by atoms with E-state index in [0.29, 0.717) is 0 Å². The number of thioether (sulfide) groups is 1. The molecule has 0 aliphatic carbocycles. The molecule has 0 spiro atoms. The van der Waals surface area contributed by atoms with Crippen LogP contribution < -0.4 is 5.32 Å². The van der Waals surface area contributed by atoms with E-state index in [1.165, 1.54) is 11.8 Å². The van der Waals surface area contributed by atoms with Gasteiger partial charge in [-0.1, -0.05) is 60.1 Å². The van der Waals surface area contributed by atoms with Crippen LogP contribution in [0.4, 0.5) is 18.9 Å². The summed E-state index contributed by atoms with van der Waals surface area (Å²) >= 11 is 7.32. The fraction of sp³-hybridized carbons (Fsp3) is 0.0952. The Morgan fingerprint density at radius 3 is 2.14 bits per heavy atom. The van der Waals surface area contributed by atoms with Crippen molar-refractivity contribution in [1.29, 1.82) is 0 Å². The number of carbonyl (C=O) groups excluding carboxylic acids is 1. The largest absolute Gasteiger partial charge is 0.416 e. The van der Waals surface area contributed by atoms with Gasteiger partial charge in [0.05, 0.1) is 16.3 Å². The summed E-state index contributed by atoms with van der Waals surface area (Å²) in [6.45, 7) is 0. The van der Waals surface area contributed by atoms with E-state index in [1.54, 1.807) is 24.3 Å². The van der Waals surface area contributed by atoms with Gasteiger partial charge >= 0.3 is 6.18 Å². The highest BCUT2D eigenvalue weighted by Gasteiger charge is 2.31. The number of nitrogens with one attached hydrogen (secondary N) is 1. The maximum absolute atomic E-state index is 13.0. The molecule has 7 heteroatoms. The highest BCUT2D eigenvalue weighted by Crippen LogP contribution is 2.38. The van der Waals surface area contributed by atoms with Gasteiger partial charge in [0.2, 0.25) is 5.91 Å². The predicted octanol–water partition coefficient (Wildman–Crippen LogP) is 6.83. The van der Waals surface area contributed by atoms with Crippen LogP contribution in [0.5, 0.6) is 0 Å². The molecule has 1 amide bonds. The summed E-state index contributed by atoms with van der Waals surface area (Å²) in [5.41, 5.74) is -0.216. The monoisotopic (exact) mass is 421 g/mol. The van der Waals surface area contributed by atoms with Crippen molar-refractivity contribution in [3.63, 3.8) is 0 Å². The highest BCUT2D eigenvalue weighted by molar-refractivity contribution is 8.00. The summed E-state index contributed by atoms with van der Waals surface area (Å²) in [5.74, 6) is -0.457. The molecular formula is C21H15ClF3NOS. The van der Waals surface area contributed by atoms with Crippen molar-refractivity contribution >= 4 is 35.0 Å². The third kappa shape index (κ3) is 5.09. The topological polar surface area (TPSA) is 29.1 Å². The summed E-state index contributed by atoms with van der Waals surface area (Å²) in [6.07, 6.45) is -4.53. The minimum absolute atomic E-state index is 0.0397. The highest BCUT2D eigenvalue weighted by atomic mass is 35.5. The first-order valence-electron chi connectivity index (χ1n) is 8.29. The Kier molecular flexibility index (Phi) is 6.31. The minimum atomic E-state index is -4.53. The number of hydrogen-bond acceptors (Lipinski definition) is 2. The summed E-state index contributed by atoms with van der Waals surface area (Å²) in [7, 11) is 0. The molecule has 1 atom stereocenters. The Balaban J connectivity index is 1.90. The number of hydrogen-bond donors (Lipinski definition) is 1. The van der Waals surface area contributed by atoms with E-state index in [1.807, 2.05) is 36.4 Å². The van der Waals surface area contributed by atoms with Crippen molar-refractivity contribution in [2.24, 2.45) is 0 Å². The molecule has 2 nitrogen and oxygen atoms in total. The molecule has 3 rings (SSSR count). The molecule has 28 heavy (non-hydrogen) atoms. The van der Waals surface area contributed by atoms with Gasteiger partial charge < -0.3 is 5.32 Å². The second-order valence-electron chi connectivity index (χ2n) is 5.90. The quantitative estimate of drug-likeness (QED) is 0.457. The maximum Gasteiger partial charge on any atom is 0.416 e. The number of amides is 1. The fourth-order valence-corrected chi connectivity index (χ4v) is 3.74. The van der Waals surface area contributed by atoms with Crippen LogP contribution in [0.2, 0.25) is 5.02 Å². The average molecular weight is 422 g/mol. The maximum atomic E-state index is 13.0. The van der Waals surface area contributed by atoms with Crippen LogP contribution in [0.15, 0.2) is 83.8 Å². The Morgan fingerprint density at radius 1 is 0.929 bits per heavy atom. The SMILES string of the molecule is O=C(Nc1cc(C(F)(F)F)ccc1Cl)C(Sc1ccccc1)c1ccccc1. The average Bonchev–Trinajstić information content (AvgIpc) is 2.68. The fourth-order valence-electron chi connectivity index (χ4n) is 2.53. The molecule has 0 aliphatic rings. The van der Waals surface area contributed by atoms with Gasteiger partial charge in [0, 0.05) is 4.90 Å². The van der Waals surface area contributed by atoms with Crippen LogP contribution in [0.1, 0.15) is 16.4 Å². The van der Waals surface area contributed by atoms with Crippen molar-refractivity contribution in [3.05, 3.63) is 95.0 Å². The summed E-state index contributed by atoms with van der Waals surface area (Å²) in [5, 5.41) is 1.93. The first-order chi connectivity index (χ1) is 13.3. The lowest BCUT2D eigenvalue weighted by Gasteiger charge is -2.18. The van der Waals surface area contributed by atoms with Crippen molar-refractivity contribution in [2.75, 3.05) is 5.32 Å². The van der Waals surface area contributed by atoms with Gasteiger partial charge in [0.15, 0.2) is 0 Å². The number of benzene rings is 3. The molecule has 0 heterocycles. The molecule has 0 radical (unpaired) electrons. The second kappa shape index (κ2) is 8.71. The molecule has 1 N–H and O–H groups in total. The van der Waals surface area contributed by atoms with Crippen LogP contribution in [0.25, 0.3) is 0 Å². The van der Waals surface area contributed by atoms with Crippen LogP contribution in [-0.2, 0) is 11.0 Å². The molecule has 0 aromatic heterocycles. The van der Waals surface area contributed by atoms with Crippen molar-refractivity contribution < 1.29 is 18.0 Å². The molecule has 3 aromatic carbocycles. The lowest BCUT2D eigenvalue weighted by atomic mass is 10.1. The minimum Gasteiger partial charge on any atom is -0.323 e. The summed E-state index contributed by atoms with van der Waals surface area (Å²) in [4.78, 5) is 13.8. The first-order valence-corrected chi connectivity index (χ1v) is 9.54. The number of anilines is 1. The zero-order valence-corrected chi connectivity index (χ0v) is 16.0. The van der Waals surface area contributed by atoms with E-state index >= 15 is 0 Å². The number of rotatable bonds is 5. The van der Waals surface area contributed by atoms with E-state index in [2.05, 4.69) is 5.32 Å². The molecular weight excluding hydrogens is 407 g/mol.